The van der Waals surface area contributed by atoms with Crippen LogP contribution in [0.5, 0.6) is 0 Å². The first-order valence-corrected chi connectivity index (χ1v) is 6.77. The SMILES string of the molecule is O=C(NCCc1ccccc1Cl)NCc1cccnc1. The van der Waals surface area contributed by atoms with E-state index < -0.39 is 0 Å². The highest BCUT2D eigenvalue weighted by Crippen LogP contribution is 2.14. The summed E-state index contributed by atoms with van der Waals surface area (Å²) in [6, 6.07) is 11.2. The maximum Gasteiger partial charge on any atom is 0.315 e. The van der Waals surface area contributed by atoms with Gasteiger partial charge in [-0.2, -0.15) is 0 Å². The first kappa shape index (κ1) is 14.3. The van der Waals surface area contributed by atoms with Gasteiger partial charge in [-0.1, -0.05) is 35.9 Å². The van der Waals surface area contributed by atoms with E-state index >= 15 is 0 Å². The molecule has 0 radical (unpaired) electrons. The minimum atomic E-state index is -0.194. The predicted molar refractivity (Wildman–Crippen MR) is 79.6 cm³/mol. The Kier molecular flexibility index (Phi) is 5.38. The van der Waals surface area contributed by atoms with Gasteiger partial charge in [0.05, 0.1) is 0 Å². The summed E-state index contributed by atoms with van der Waals surface area (Å²) in [6.45, 7) is 1.01. The maximum atomic E-state index is 11.6. The number of benzene rings is 1. The Labute approximate surface area is 123 Å². The fourth-order valence-corrected chi connectivity index (χ4v) is 1.99. The fourth-order valence-electron chi connectivity index (χ4n) is 1.76. The Morgan fingerprint density at radius 3 is 2.75 bits per heavy atom. The summed E-state index contributed by atoms with van der Waals surface area (Å²) in [4.78, 5) is 15.6. The molecule has 0 bridgehead atoms. The van der Waals surface area contributed by atoms with Crippen molar-refractivity contribution in [2.24, 2.45) is 0 Å². The number of hydrogen-bond acceptors (Lipinski definition) is 2. The van der Waals surface area contributed by atoms with E-state index in [-0.39, 0.29) is 6.03 Å². The molecule has 2 aromatic rings. The van der Waals surface area contributed by atoms with Crippen LogP contribution in [-0.4, -0.2) is 17.6 Å². The third kappa shape index (κ3) is 4.55. The number of aromatic nitrogens is 1. The molecule has 2 N–H and O–H groups in total. The van der Waals surface area contributed by atoms with E-state index in [4.69, 9.17) is 11.6 Å². The average Bonchev–Trinajstić information content (AvgIpc) is 2.48. The van der Waals surface area contributed by atoms with Gasteiger partial charge >= 0.3 is 6.03 Å². The monoisotopic (exact) mass is 289 g/mol. The molecule has 5 heteroatoms. The third-order valence-corrected chi connectivity index (χ3v) is 3.18. The van der Waals surface area contributed by atoms with Crippen LogP contribution in [0.15, 0.2) is 48.8 Å². The average molecular weight is 290 g/mol. The van der Waals surface area contributed by atoms with Gasteiger partial charge in [0.25, 0.3) is 0 Å². The van der Waals surface area contributed by atoms with Crippen molar-refractivity contribution in [2.75, 3.05) is 6.54 Å². The molecule has 0 saturated heterocycles. The van der Waals surface area contributed by atoms with Crippen molar-refractivity contribution in [1.29, 1.82) is 0 Å². The number of urea groups is 1. The van der Waals surface area contributed by atoms with Gasteiger partial charge in [-0.15, -0.1) is 0 Å². The van der Waals surface area contributed by atoms with Gasteiger partial charge in [0, 0.05) is 30.5 Å². The molecule has 4 nitrogen and oxygen atoms in total. The summed E-state index contributed by atoms with van der Waals surface area (Å²) >= 11 is 6.05. The molecule has 2 amide bonds. The Morgan fingerprint density at radius 1 is 1.15 bits per heavy atom. The van der Waals surface area contributed by atoms with Crippen molar-refractivity contribution < 1.29 is 4.79 Å². The second kappa shape index (κ2) is 7.50. The number of carbonyl (C=O) groups is 1. The van der Waals surface area contributed by atoms with Gasteiger partial charge in [0.1, 0.15) is 0 Å². The number of rotatable bonds is 5. The highest BCUT2D eigenvalue weighted by Gasteiger charge is 2.02. The van der Waals surface area contributed by atoms with Gasteiger partial charge in [0.15, 0.2) is 0 Å². The second-order valence-corrected chi connectivity index (χ2v) is 4.72. The van der Waals surface area contributed by atoms with Crippen LogP contribution in [0.25, 0.3) is 0 Å². The van der Waals surface area contributed by atoms with E-state index in [0.29, 0.717) is 19.5 Å². The van der Waals surface area contributed by atoms with Gasteiger partial charge in [0.2, 0.25) is 0 Å². The minimum absolute atomic E-state index is 0.194. The molecule has 0 unspecified atom stereocenters. The van der Waals surface area contributed by atoms with E-state index in [2.05, 4.69) is 15.6 Å². The minimum Gasteiger partial charge on any atom is -0.338 e. The van der Waals surface area contributed by atoms with Gasteiger partial charge in [-0.25, -0.2) is 4.79 Å². The predicted octanol–water partition coefficient (Wildman–Crippen LogP) is 2.78. The molecule has 104 valence electrons. The van der Waals surface area contributed by atoms with Crippen LogP contribution in [0.1, 0.15) is 11.1 Å². The molecule has 0 saturated carbocycles. The molecule has 0 fully saturated rings. The van der Waals surface area contributed by atoms with Crippen molar-refractivity contribution >= 4 is 17.6 Å². The van der Waals surface area contributed by atoms with Gasteiger partial charge in [-0.05, 0) is 29.7 Å². The molecule has 1 aromatic carbocycles. The Hall–Kier alpha value is -2.07. The molecular formula is C15H16ClN3O. The smallest absolute Gasteiger partial charge is 0.315 e. The molecule has 0 aliphatic carbocycles. The zero-order valence-corrected chi connectivity index (χ0v) is 11.7. The number of hydrogen-bond donors (Lipinski definition) is 2. The summed E-state index contributed by atoms with van der Waals surface area (Å²) in [5.41, 5.74) is 2.00. The van der Waals surface area contributed by atoms with E-state index in [1.54, 1.807) is 12.4 Å². The molecule has 0 aliphatic rings. The molecule has 0 aliphatic heterocycles. The van der Waals surface area contributed by atoms with E-state index in [1.165, 1.54) is 0 Å². The summed E-state index contributed by atoms with van der Waals surface area (Å²) < 4.78 is 0. The number of nitrogens with one attached hydrogen (secondary N) is 2. The third-order valence-electron chi connectivity index (χ3n) is 2.81. The molecule has 1 heterocycles. The van der Waals surface area contributed by atoms with Crippen molar-refractivity contribution in [1.82, 2.24) is 15.6 Å². The van der Waals surface area contributed by atoms with E-state index in [9.17, 15) is 4.79 Å². The molecule has 2 rings (SSSR count). The lowest BCUT2D eigenvalue weighted by Gasteiger charge is -2.08. The summed E-state index contributed by atoms with van der Waals surface area (Å²) in [5.74, 6) is 0. The topological polar surface area (TPSA) is 54.0 Å². The number of halogens is 1. The van der Waals surface area contributed by atoms with Crippen LogP contribution in [-0.2, 0) is 13.0 Å². The van der Waals surface area contributed by atoms with Crippen LogP contribution < -0.4 is 10.6 Å². The van der Waals surface area contributed by atoms with Crippen molar-refractivity contribution in [3.05, 3.63) is 64.9 Å². The summed E-state index contributed by atoms with van der Waals surface area (Å²) in [6.07, 6.45) is 4.14. The normalized spacial score (nSPS) is 10.1. The number of nitrogens with zero attached hydrogens (tertiary/aromatic N) is 1. The molecule has 1 aromatic heterocycles. The molecule has 0 spiro atoms. The molecule has 20 heavy (non-hydrogen) atoms. The van der Waals surface area contributed by atoms with Gasteiger partial charge in [-0.3, -0.25) is 4.98 Å². The quantitative estimate of drug-likeness (QED) is 0.889. The zero-order chi connectivity index (χ0) is 14.2. The molecule has 0 atom stereocenters. The van der Waals surface area contributed by atoms with Crippen molar-refractivity contribution in [2.45, 2.75) is 13.0 Å². The molecular weight excluding hydrogens is 274 g/mol. The van der Waals surface area contributed by atoms with Crippen LogP contribution in [0.4, 0.5) is 4.79 Å². The van der Waals surface area contributed by atoms with Gasteiger partial charge < -0.3 is 10.6 Å². The second-order valence-electron chi connectivity index (χ2n) is 4.31. The Morgan fingerprint density at radius 2 is 2.00 bits per heavy atom. The van der Waals surface area contributed by atoms with Crippen LogP contribution in [0, 0.1) is 0 Å². The lowest BCUT2D eigenvalue weighted by molar-refractivity contribution is 0.240. The largest absolute Gasteiger partial charge is 0.338 e. The lowest BCUT2D eigenvalue weighted by atomic mass is 10.1. The van der Waals surface area contributed by atoms with Crippen molar-refractivity contribution in [3.63, 3.8) is 0 Å². The first-order chi connectivity index (χ1) is 9.75. The van der Waals surface area contributed by atoms with E-state index in [1.807, 2.05) is 36.4 Å². The van der Waals surface area contributed by atoms with Crippen molar-refractivity contribution in [3.8, 4) is 0 Å². The highest BCUT2D eigenvalue weighted by molar-refractivity contribution is 6.31. The highest BCUT2D eigenvalue weighted by atomic mass is 35.5. The summed E-state index contributed by atoms with van der Waals surface area (Å²) in [7, 11) is 0. The number of pyridine rings is 1. The van der Waals surface area contributed by atoms with Crippen LogP contribution in [0.3, 0.4) is 0 Å². The Bertz CT molecular complexity index is 560. The maximum absolute atomic E-state index is 11.6. The number of amides is 2. The van der Waals surface area contributed by atoms with E-state index in [0.717, 1.165) is 16.1 Å². The lowest BCUT2D eigenvalue weighted by Crippen LogP contribution is -2.36. The number of carbonyl (C=O) groups excluding carboxylic acids is 1. The standard InChI is InChI=1S/C15H16ClN3O/c16-14-6-2-1-5-13(14)7-9-18-15(20)19-11-12-4-3-8-17-10-12/h1-6,8,10H,7,9,11H2,(H2,18,19,20). The Balaban J connectivity index is 1.69. The zero-order valence-electron chi connectivity index (χ0n) is 11.0. The first-order valence-electron chi connectivity index (χ1n) is 6.40. The van der Waals surface area contributed by atoms with Crippen LogP contribution in [0.2, 0.25) is 5.02 Å². The summed E-state index contributed by atoms with van der Waals surface area (Å²) in [5, 5.41) is 6.30. The van der Waals surface area contributed by atoms with Crippen LogP contribution >= 0.6 is 11.6 Å². The fraction of sp³-hybridized carbons (Fsp3) is 0.200.